The number of nitro benzene ring substituents is 1. The predicted molar refractivity (Wildman–Crippen MR) is 81.5 cm³/mol. The van der Waals surface area contributed by atoms with E-state index in [0.717, 1.165) is 31.7 Å². The van der Waals surface area contributed by atoms with Gasteiger partial charge in [0.15, 0.2) is 5.75 Å². The van der Waals surface area contributed by atoms with Crippen LogP contribution >= 0.6 is 22.6 Å². The summed E-state index contributed by atoms with van der Waals surface area (Å²) in [5.74, 6) is -0.483. The van der Waals surface area contributed by atoms with Gasteiger partial charge >= 0.3 is 5.69 Å². The standard InChI is InChI=1S/C13H16FIN2O3/c1-16-10-4-2-3-5-12(10)20-13-6-8(14)9(15)7-11(13)17(18)19/h6-7,10,12,16H,2-5H2,1H3. The maximum Gasteiger partial charge on any atom is 0.312 e. The fourth-order valence-electron chi connectivity index (χ4n) is 2.49. The van der Waals surface area contributed by atoms with Gasteiger partial charge in [0.25, 0.3) is 0 Å². The summed E-state index contributed by atoms with van der Waals surface area (Å²) in [6.07, 6.45) is 3.74. The summed E-state index contributed by atoms with van der Waals surface area (Å²) in [5, 5.41) is 14.2. The Balaban J connectivity index is 2.27. The molecule has 0 aliphatic heterocycles. The summed E-state index contributed by atoms with van der Waals surface area (Å²) >= 11 is 1.73. The highest BCUT2D eigenvalue weighted by Crippen LogP contribution is 2.33. The third-order valence-electron chi connectivity index (χ3n) is 3.55. The maximum absolute atomic E-state index is 13.6. The fraction of sp³-hybridized carbons (Fsp3) is 0.538. The van der Waals surface area contributed by atoms with Crippen molar-refractivity contribution in [3.8, 4) is 5.75 Å². The molecule has 1 N–H and O–H groups in total. The summed E-state index contributed by atoms with van der Waals surface area (Å²) in [6.45, 7) is 0. The van der Waals surface area contributed by atoms with Crippen LogP contribution in [0.15, 0.2) is 12.1 Å². The Morgan fingerprint density at radius 1 is 1.45 bits per heavy atom. The molecule has 2 atom stereocenters. The summed E-state index contributed by atoms with van der Waals surface area (Å²) in [7, 11) is 1.84. The van der Waals surface area contributed by atoms with E-state index < -0.39 is 10.7 Å². The zero-order valence-electron chi connectivity index (χ0n) is 11.1. The molecule has 1 saturated carbocycles. The minimum atomic E-state index is -0.534. The molecule has 0 aromatic heterocycles. The SMILES string of the molecule is CNC1CCCCC1Oc1cc(F)c(I)cc1[N+](=O)[O-]. The highest BCUT2D eigenvalue weighted by Gasteiger charge is 2.28. The molecule has 0 saturated heterocycles. The van der Waals surface area contributed by atoms with Crippen molar-refractivity contribution in [2.75, 3.05) is 7.05 Å². The van der Waals surface area contributed by atoms with Gasteiger partial charge in [-0.2, -0.15) is 0 Å². The molecule has 1 aliphatic rings. The van der Waals surface area contributed by atoms with Crippen LogP contribution in [0, 0.1) is 19.5 Å². The van der Waals surface area contributed by atoms with Crippen molar-refractivity contribution in [2.24, 2.45) is 0 Å². The predicted octanol–water partition coefficient (Wildman–Crippen LogP) is 3.25. The summed E-state index contributed by atoms with van der Waals surface area (Å²) in [4.78, 5) is 10.5. The third-order valence-corrected chi connectivity index (χ3v) is 4.38. The van der Waals surface area contributed by atoms with Crippen LogP contribution in [-0.4, -0.2) is 24.1 Å². The summed E-state index contributed by atoms with van der Waals surface area (Å²) in [6, 6.07) is 2.47. The number of likely N-dealkylation sites (N-methyl/N-ethyl adjacent to an activating group) is 1. The molecule has 1 fully saturated rings. The number of benzene rings is 1. The van der Waals surface area contributed by atoms with Gasteiger partial charge in [-0.3, -0.25) is 10.1 Å². The number of rotatable bonds is 4. The first-order valence-electron chi connectivity index (χ1n) is 6.50. The second kappa shape index (κ2) is 6.66. The van der Waals surface area contributed by atoms with Gasteiger partial charge in [-0.1, -0.05) is 6.42 Å². The van der Waals surface area contributed by atoms with Crippen molar-refractivity contribution in [3.63, 3.8) is 0 Å². The lowest BCUT2D eigenvalue weighted by Gasteiger charge is -2.31. The van der Waals surface area contributed by atoms with E-state index in [1.807, 2.05) is 7.05 Å². The molecule has 20 heavy (non-hydrogen) atoms. The molecule has 1 aliphatic carbocycles. The number of nitrogens with zero attached hydrogens (tertiary/aromatic N) is 1. The van der Waals surface area contributed by atoms with Gasteiger partial charge in [0.2, 0.25) is 0 Å². The second-order valence-electron chi connectivity index (χ2n) is 4.83. The van der Waals surface area contributed by atoms with Crippen LogP contribution in [0.2, 0.25) is 0 Å². The monoisotopic (exact) mass is 394 g/mol. The Morgan fingerprint density at radius 2 is 2.15 bits per heavy atom. The molecule has 0 bridgehead atoms. The zero-order chi connectivity index (χ0) is 14.7. The van der Waals surface area contributed by atoms with Gasteiger partial charge in [-0.15, -0.1) is 0 Å². The zero-order valence-corrected chi connectivity index (χ0v) is 13.2. The van der Waals surface area contributed by atoms with Crippen LogP contribution in [-0.2, 0) is 0 Å². The van der Waals surface area contributed by atoms with E-state index >= 15 is 0 Å². The quantitative estimate of drug-likeness (QED) is 0.484. The lowest BCUT2D eigenvalue weighted by atomic mass is 9.92. The highest BCUT2D eigenvalue weighted by molar-refractivity contribution is 14.1. The second-order valence-corrected chi connectivity index (χ2v) is 5.99. The first kappa shape index (κ1) is 15.4. The van der Waals surface area contributed by atoms with Crippen molar-refractivity contribution >= 4 is 28.3 Å². The van der Waals surface area contributed by atoms with Crippen molar-refractivity contribution in [2.45, 2.75) is 37.8 Å². The Hall–Kier alpha value is -0.960. The normalized spacial score (nSPS) is 22.6. The van der Waals surface area contributed by atoms with Crippen molar-refractivity contribution in [1.82, 2.24) is 5.32 Å². The molecule has 0 spiro atoms. The van der Waals surface area contributed by atoms with Crippen LogP contribution in [0.5, 0.6) is 5.75 Å². The van der Waals surface area contributed by atoms with E-state index in [9.17, 15) is 14.5 Å². The van der Waals surface area contributed by atoms with Gasteiger partial charge in [0, 0.05) is 18.2 Å². The Labute approximate surface area is 130 Å². The average Bonchev–Trinajstić information content (AvgIpc) is 2.43. The molecule has 0 amide bonds. The first-order valence-corrected chi connectivity index (χ1v) is 7.58. The average molecular weight is 394 g/mol. The van der Waals surface area contributed by atoms with Gasteiger partial charge in [0.05, 0.1) is 8.49 Å². The van der Waals surface area contributed by atoms with E-state index in [1.165, 1.54) is 6.07 Å². The highest BCUT2D eigenvalue weighted by atomic mass is 127. The van der Waals surface area contributed by atoms with Gasteiger partial charge in [0.1, 0.15) is 11.9 Å². The molecule has 1 aromatic rings. The smallest absolute Gasteiger partial charge is 0.312 e. The van der Waals surface area contributed by atoms with E-state index in [4.69, 9.17) is 4.74 Å². The van der Waals surface area contributed by atoms with Crippen molar-refractivity contribution in [1.29, 1.82) is 0 Å². The van der Waals surface area contributed by atoms with E-state index in [-0.39, 0.29) is 27.2 Å². The van der Waals surface area contributed by atoms with Crippen molar-refractivity contribution < 1.29 is 14.1 Å². The topological polar surface area (TPSA) is 64.4 Å². The number of nitro groups is 1. The number of nitrogens with one attached hydrogen (secondary N) is 1. The van der Waals surface area contributed by atoms with Crippen molar-refractivity contribution in [3.05, 3.63) is 31.6 Å². The summed E-state index contributed by atoms with van der Waals surface area (Å²) in [5.41, 5.74) is -0.184. The number of hydrogen-bond acceptors (Lipinski definition) is 4. The lowest BCUT2D eigenvalue weighted by molar-refractivity contribution is -0.386. The Kier molecular flexibility index (Phi) is 5.14. The van der Waals surface area contributed by atoms with Gasteiger partial charge < -0.3 is 10.1 Å². The van der Waals surface area contributed by atoms with Crippen LogP contribution in [0.25, 0.3) is 0 Å². The van der Waals surface area contributed by atoms with Crippen LogP contribution in [0.1, 0.15) is 25.7 Å². The van der Waals surface area contributed by atoms with E-state index in [1.54, 1.807) is 22.6 Å². The lowest BCUT2D eigenvalue weighted by Crippen LogP contribution is -2.43. The largest absolute Gasteiger partial charge is 0.482 e. The molecule has 5 nitrogen and oxygen atoms in total. The summed E-state index contributed by atoms with van der Waals surface area (Å²) < 4.78 is 19.6. The molecule has 0 heterocycles. The molecule has 110 valence electrons. The molecule has 1 aromatic carbocycles. The molecule has 2 unspecified atom stereocenters. The molecular formula is C13H16FIN2O3. The van der Waals surface area contributed by atoms with Crippen LogP contribution in [0.4, 0.5) is 10.1 Å². The minimum absolute atomic E-state index is 0.0140. The molecular weight excluding hydrogens is 378 g/mol. The first-order chi connectivity index (χ1) is 9.52. The number of hydrogen-bond donors (Lipinski definition) is 1. The molecule has 7 heteroatoms. The third kappa shape index (κ3) is 3.38. The van der Waals surface area contributed by atoms with Crippen LogP contribution in [0.3, 0.4) is 0 Å². The van der Waals surface area contributed by atoms with Gasteiger partial charge in [-0.05, 0) is 48.9 Å². The minimum Gasteiger partial charge on any atom is -0.482 e. The maximum atomic E-state index is 13.6. The Morgan fingerprint density at radius 3 is 2.80 bits per heavy atom. The number of halogens is 2. The Bertz CT molecular complexity index is 513. The van der Waals surface area contributed by atoms with E-state index in [2.05, 4.69) is 5.32 Å². The molecule has 0 radical (unpaired) electrons. The van der Waals surface area contributed by atoms with Gasteiger partial charge in [-0.25, -0.2) is 4.39 Å². The van der Waals surface area contributed by atoms with Crippen LogP contribution < -0.4 is 10.1 Å². The fourth-order valence-corrected chi connectivity index (χ4v) is 2.94. The van der Waals surface area contributed by atoms with E-state index in [0.29, 0.717) is 0 Å². The molecule has 2 rings (SSSR count). The number of ether oxygens (including phenoxy) is 1.